The van der Waals surface area contributed by atoms with Crippen LogP contribution < -0.4 is 0 Å². The Bertz CT molecular complexity index is 571. The van der Waals surface area contributed by atoms with Crippen LogP contribution in [0.1, 0.15) is 42.4 Å². The maximum Gasteiger partial charge on any atom is 0.303 e. The van der Waals surface area contributed by atoms with Crippen molar-refractivity contribution in [2.24, 2.45) is 11.8 Å². The molecule has 0 heterocycles. The molecule has 3 atom stereocenters. The molecule has 0 aliphatic heterocycles. The van der Waals surface area contributed by atoms with E-state index in [0.717, 1.165) is 12.0 Å². The number of aliphatic hydroxyl groups excluding tert-OH is 2. The number of rotatable bonds is 6. The Morgan fingerprint density at radius 3 is 2.43 bits per heavy atom. The highest BCUT2D eigenvalue weighted by Crippen LogP contribution is 2.37. The summed E-state index contributed by atoms with van der Waals surface area (Å²) < 4.78 is 0. The van der Waals surface area contributed by atoms with Crippen LogP contribution in [0.15, 0.2) is 30.0 Å². The van der Waals surface area contributed by atoms with Gasteiger partial charge >= 0.3 is 5.97 Å². The van der Waals surface area contributed by atoms with Gasteiger partial charge in [-0.25, -0.2) is 0 Å². The third-order valence-electron chi connectivity index (χ3n) is 4.67. The Kier molecular flexibility index (Phi) is 5.83. The van der Waals surface area contributed by atoms with Crippen LogP contribution in [0.3, 0.4) is 0 Å². The number of carboxylic acids is 1. The molecule has 3 unspecified atom stereocenters. The third kappa shape index (κ3) is 5.10. The fraction of sp³-hybridized carbons (Fsp3) is 0.526. The topological polar surface area (TPSA) is 77.8 Å². The molecular formula is C19H26O4. The van der Waals surface area contributed by atoms with Crippen molar-refractivity contribution in [3.63, 3.8) is 0 Å². The van der Waals surface area contributed by atoms with Crippen molar-refractivity contribution in [3.8, 4) is 0 Å². The Balaban J connectivity index is 1.97. The largest absolute Gasteiger partial charge is 0.512 e. The molecule has 0 radical (unpaired) electrons. The smallest absolute Gasteiger partial charge is 0.303 e. The molecule has 4 nitrogen and oxygen atoms in total. The monoisotopic (exact) mass is 318 g/mol. The zero-order valence-electron chi connectivity index (χ0n) is 13.8. The van der Waals surface area contributed by atoms with E-state index in [9.17, 15) is 15.0 Å². The first-order chi connectivity index (χ1) is 10.8. The molecule has 0 saturated heterocycles. The van der Waals surface area contributed by atoms with E-state index in [1.54, 1.807) is 6.08 Å². The Morgan fingerprint density at radius 2 is 1.83 bits per heavy atom. The molecule has 3 N–H and O–H groups in total. The van der Waals surface area contributed by atoms with Crippen molar-refractivity contribution in [3.05, 3.63) is 46.7 Å². The van der Waals surface area contributed by atoms with Crippen LogP contribution in [0.4, 0.5) is 0 Å². The fourth-order valence-electron chi connectivity index (χ4n) is 3.66. The highest BCUT2D eigenvalue weighted by molar-refractivity contribution is 5.67. The zero-order chi connectivity index (χ0) is 17.0. The average Bonchev–Trinajstić information content (AvgIpc) is 2.76. The van der Waals surface area contributed by atoms with Crippen molar-refractivity contribution in [2.75, 3.05) is 0 Å². The summed E-state index contributed by atoms with van der Waals surface area (Å²) in [6, 6.07) is 6.22. The highest BCUT2D eigenvalue weighted by Gasteiger charge is 2.35. The SMILES string of the molecule is Cc1cc(C)cc(C/C(O)=C/CC2CCC(O)C2CC(=O)O)c1. The Labute approximate surface area is 137 Å². The van der Waals surface area contributed by atoms with Crippen molar-refractivity contribution < 1.29 is 20.1 Å². The summed E-state index contributed by atoms with van der Waals surface area (Å²) in [4.78, 5) is 10.9. The van der Waals surface area contributed by atoms with Crippen LogP contribution in [-0.4, -0.2) is 27.4 Å². The number of carbonyl (C=O) groups is 1. The van der Waals surface area contributed by atoms with Crippen LogP contribution >= 0.6 is 0 Å². The van der Waals surface area contributed by atoms with Gasteiger partial charge in [-0.05, 0) is 56.6 Å². The van der Waals surface area contributed by atoms with Crippen LogP contribution in [0.2, 0.25) is 0 Å². The number of hydrogen-bond acceptors (Lipinski definition) is 3. The zero-order valence-corrected chi connectivity index (χ0v) is 13.8. The summed E-state index contributed by atoms with van der Waals surface area (Å²) in [5.74, 6) is -0.643. The maximum atomic E-state index is 10.9. The average molecular weight is 318 g/mol. The molecule has 0 aromatic heterocycles. The fourth-order valence-corrected chi connectivity index (χ4v) is 3.66. The van der Waals surface area contributed by atoms with Gasteiger partial charge in [0.05, 0.1) is 18.3 Å². The molecule has 1 aliphatic carbocycles. The first-order valence-corrected chi connectivity index (χ1v) is 8.20. The van der Waals surface area contributed by atoms with Gasteiger partial charge in [0.1, 0.15) is 0 Å². The van der Waals surface area contributed by atoms with E-state index >= 15 is 0 Å². The molecule has 1 aliphatic rings. The van der Waals surface area contributed by atoms with E-state index in [-0.39, 0.29) is 18.3 Å². The second-order valence-electron chi connectivity index (χ2n) is 6.77. The summed E-state index contributed by atoms with van der Waals surface area (Å²) in [6.07, 6.45) is 3.81. The Hall–Kier alpha value is -1.81. The van der Waals surface area contributed by atoms with E-state index in [1.807, 2.05) is 13.8 Å². The molecule has 4 heteroatoms. The molecule has 0 amide bonds. The van der Waals surface area contributed by atoms with Gasteiger partial charge in [0, 0.05) is 6.42 Å². The van der Waals surface area contributed by atoms with E-state index in [4.69, 9.17) is 5.11 Å². The highest BCUT2D eigenvalue weighted by atomic mass is 16.4. The van der Waals surface area contributed by atoms with E-state index in [1.165, 1.54) is 11.1 Å². The minimum Gasteiger partial charge on any atom is -0.512 e. The molecule has 1 saturated carbocycles. The molecule has 126 valence electrons. The number of aryl methyl sites for hydroxylation is 2. The summed E-state index contributed by atoms with van der Waals surface area (Å²) in [5, 5.41) is 29.0. The van der Waals surface area contributed by atoms with Crippen LogP contribution in [0.5, 0.6) is 0 Å². The minimum atomic E-state index is -0.871. The lowest BCUT2D eigenvalue weighted by molar-refractivity contribution is -0.139. The van der Waals surface area contributed by atoms with Gasteiger partial charge in [-0.15, -0.1) is 0 Å². The van der Waals surface area contributed by atoms with E-state index in [0.29, 0.717) is 25.0 Å². The molecule has 1 aromatic rings. The van der Waals surface area contributed by atoms with E-state index in [2.05, 4.69) is 18.2 Å². The summed E-state index contributed by atoms with van der Waals surface area (Å²) >= 11 is 0. The van der Waals surface area contributed by atoms with Gasteiger partial charge in [-0.3, -0.25) is 4.79 Å². The lowest BCUT2D eigenvalue weighted by Gasteiger charge is -2.19. The van der Waals surface area contributed by atoms with Gasteiger partial charge in [-0.1, -0.05) is 29.3 Å². The first kappa shape index (κ1) is 17.5. The predicted octanol–water partition coefficient (Wildman–Crippen LogP) is 3.54. The van der Waals surface area contributed by atoms with Gasteiger partial charge in [0.2, 0.25) is 0 Å². The molecule has 2 rings (SSSR count). The van der Waals surface area contributed by atoms with Gasteiger partial charge in [-0.2, -0.15) is 0 Å². The maximum absolute atomic E-state index is 10.9. The van der Waals surface area contributed by atoms with E-state index < -0.39 is 12.1 Å². The lowest BCUT2D eigenvalue weighted by atomic mass is 9.88. The van der Waals surface area contributed by atoms with Gasteiger partial charge in [0.15, 0.2) is 0 Å². The second-order valence-corrected chi connectivity index (χ2v) is 6.77. The molecule has 0 bridgehead atoms. The quantitative estimate of drug-likeness (QED) is 0.701. The predicted molar refractivity (Wildman–Crippen MR) is 89.4 cm³/mol. The first-order valence-electron chi connectivity index (χ1n) is 8.20. The number of aliphatic carboxylic acids is 1. The Morgan fingerprint density at radius 1 is 1.17 bits per heavy atom. The van der Waals surface area contributed by atoms with Crippen LogP contribution in [0.25, 0.3) is 0 Å². The van der Waals surface area contributed by atoms with Crippen LogP contribution in [0, 0.1) is 25.7 Å². The summed E-state index contributed by atoms with van der Waals surface area (Å²) in [6.45, 7) is 4.07. The number of benzene rings is 1. The standard InChI is InChI=1S/C19H26O4/c1-12-7-13(2)9-14(8-12)10-16(20)5-3-15-4-6-18(21)17(15)11-19(22)23/h5,7-9,15,17-18,20-21H,3-4,6,10-11H2,1-2H3,(H,22,23)/b16-5-. The summed E-state index contributed by atoms with van der Waals surface area (Å²) in [7, 11) is 0. The summed E-state index contributed by atoms with van der Waals surface area (Å²) in [5.41, 5.74) is 3.42. The number of allylic oxidation sites excluding steroid dienone is 2. The van der Waals surface area contributed by atoms with Crippen LogP contribution in [-0.2, 0) is 11.2 Å². The lowest BCUT2D eigenvalue weighted by Crippen LogP contribution is -2.22. The number of hydrogen-bond donors (Lipinski definition) is 3. The second kappa shape index (κ2) is 7.64. The number of carboxylic acid groups (broad SMARTS) is 1. The normalized spacial score (nSPS) is 24.8. The molecule has 0 spiro atoms. The minimum absolute atomic E-state index is 0.00247. The van der Waals surface area contributed by atoms with Crippen molar-refractivity contribution in [1.29, 1.82) is 0 Å². The van der Waals surface area contributed by atoms with Gasteiger partial charge < -0.3 is 15.3 Å². The number of aliphatic hydroxyl groups is 2. The van der Waals surface area contributed by atoms with Gasteiger partial charge in [0.25, 0.3) is 0 Å². The molecule has 23 heavy (non-hydrogen) atoms. The molecular weight excluding hydrogens is 292 g/mol. The molecule has 1 aromatic carbocycles. The third-order valence-corrected chi connectivity index (χ3v) is 4.67. The van der Waals surface area contributed by atoms with Crippen molar-refractivity contribution in [1.82, 2.24) is 0 Å². The van der Waals surface area contributed by atoms with Crippen molar-refractivity contribution in [2.45, 2.75) is 52.1 Å². The molecule has 1 fully saturated rings. The van der Waals surface area contributed by atoms with Crippen molar-refractivity contribution >= 4 is 5.97 Å².